The molecule has 0 saturated carbocycles. The molecule has 1 aromatic carbocycles. The SMILES string of the molecule is CCCCCCCCNC(=O)[C@H](N)Cc1ccc(O)cc1. The average Bonchev–Trinajstić information content (AvgIpc) is 2.48. The number of phenolic OH excluding ortho intramolecular Hbond substituents is 1. The van der Waals surface area contributed by atoms with Crippen LogP contribution in [0.25, 0.3) is 0 Å². The predicted molar refractivity (Wildman–Crippen MR) is 86.2 cm³/mol. The van der Waals surface area contributed by atoms with Crippen LogP contribution in [-0.4, -0.2) is 23.6 Å². The smallest absolute Gasteiger partial charge is 0.237 e. The maximum absolute atomic E-state index is 11.9. The molecule has 0 fully saturated rings. The number of nitrogens with two attached hydrogens (primary N) is 1. The van der Waals surface area contributed by atoms with Crippen molar-refractivity contribution >= 4 is 5.91 Å². The zero-order valence-corrected chi connectivity index (χ0v) is 13.0. The Labute approximate surface area is 127 Å². The van der Waals surface area contributed by atoms with Crippen LogP contribution in [-0.2, 0) is 11.2 Å². The highest BCUT2D eigenvalue weighted by Gasteiger charge is 2.13. The van der Waals surface area contributed by atoms with Crippen LogP contribution >= 0.6 is 0 Å². The highest BCUT2D eigenvalue weighted by molar-refractivity contribution is 5.81. The summed E-state index contributed by atoms with van der Waals surface area (Å²) in [6, 6.07) is 6.26. The van der Waals surface area contributed by atoms with E-state index in [1.54, 1.807) is 24.3 Å². The van der Waals surface area contributed by atoms with Gasteiger partial charge >= 0.3 is 0 Å². The maximum Gasteiger partial charge on any atom is 0.237 e. The van der Waals surface area contributed by atoms with E-state index in [0.717, 1.165) is 18.4 Å². The van der Waals surface area contributed by atoms with Crippen molar-refractivity contribution in [3.63, 3.8) is 0 Å². The summed E-state index contributed by atoms with van der Waals surface area (Å²) in [6.07, 6.45) is 7.73. The summed E-state index contributed by atoms with van der Waals surface area (Å²) in [6.45, 7) is 2.91. The molecule has 0 spiro atoms. The van der Waals surface area contributed by atoms with E-state index >= 15 is 0 Å². The van der Waals surface area contributed by atoms with Crippen LogP contribution < -0.4 is 11.1 Å². The molecule has 0 aliphatic heterocycles. The van der Waals surface area contributed by atoms with E-state index in [0.29, 0.717) is 13.0 Å². The number of unbranched alkanes of at least 4 members (excludes halogenated alkanes) is 5. The fourth-order valence-corrected chi connectivity index (χ4v) is 2.23. The molecule has 4 nitrogen and oxygen atoms in total. The van der Waals surface area contributed by atoms with E-state index in [1.165, 1.54) is 25.7 Å². The maximum atomic E-state index is 11.9. The Bertz CT molecular complexity index is 404. The Hall–Kier alpha value is -1.55. The fourth-order valence-electron chi connectivity index (χ4n) is 2.23. The third-order valence-electron chi connectivity index (χ3n) is 3.56. The molecule has 4 heteroatoms. The van der Waals surface area contributed by atoms with Gasteiger partial charge < -0.3 is 16.2 Å². The van der Waals surface area contributed by atoms with E-state index in [4.69, 9.17) is 5.73 Å². The monoisotopic (exact) mass is 292 g/mol. The number of hydrogen-bond donors (Lipinski definition) is 3. The second-order valence-corrected chi connectivity index (χ2v) is 5.54. The quantitative estimate of drug-likeness (QED) is 0.580. The zero-order chi connectivity index (χ0) is 15.5. The van der Waals surface area contributed by atoms with Gasteiger partial charge in [0.05, 0.1) is 6.04 Å². The summed E-state index contributed by atoms with van der Waals surface area (Å²) in [5.74, 6) is 0.122. The van der Waals surface area contributed by atoms with Gasteiger partial charge in [0.1, 0.15) is 5.75 Å². The van der Waals surface area contributed by atoms with Crippen molar-refractivity contribution in [3.05, 3.63) is 29.8 Å². The predicted octanol–water partition coefficient (Wildman–Crippen LogP) is 2.74. The summed E-state index contributed by atoms with van der Waals surface area (Å²) in [5.41, 5.74) is 6.85. The summed E-state index contributed by atoms with van der Waals surface area (Å²) < 4.78 is 0. The molecule has 4 N–H and O–H groups in total. The first-order chi connectivity index (χ1) is 10.1. The van der Waals surface area contributed by atoms with Crippen molar-refractivity contribution in [2.75, 3.05) is 6.54 Å². The number of rotatable bonds is 10. The molecule has 1 amide bonds. The van der Waals surface area contributed by atoms with Gasteiger partial charge in [-0.3, -0.25) is 4.79 Å². The molecule has 0 heterocycles. The van der Waals surface area contributed by atoms with Crippen LogP contribution in [0.15, 0.2) is 24.3 Å². The summed E-state index contributed by atoms with van der Waals surface area (Å²) in [7, 11) is 0. The molecule has 118 valence electrons. The molecule has 0 unspecified atom stereocenters. The van der Waals surface area contributed by atoms with Crippen molar-refractivity contribution in [3.8, 4) is 5.75 Å². The minimum absolute atomic E-state index is 0.100. The Morgan fingerprint density at radius 1 is 1.14 bits per heavy atom. The van der Waals surface area contributed by atoms with Gasteiger partial charge in [0.15, 0.2) is 0 Å². The second kappa shape index (κ2) is 10.2. The lowest BCUT2D eigenvalue weighted by Crippen LogP contribution is -2.42. The third kappa shape index (κ3) is 7.71. The van der Waals surface area contributed by atoms with Crippen LogP contribution in [0.5, 0.6) is 5.75 Å². The normalized spacial score (nSPS) is 12.1. The van der Waals surface area contributed by atoms with Gasteiger partial charge in [-0.15, -0.1) is 0 Å². The number of carbonyl (C=O) groups is 1. The van der Waals surface area contributed by atoms with Crippen LogP contribution in [0.4, 0.5) is 0 Å². The van der Waals surface area contributed by atoms with Gasteiger partial charge in [-0.05, 0) is 30.5 Å². The summed E-state index contributed by atoms with van der Waals surface area (Å²) in [4.78, 5) is 11.9. The summed E-state index contributed by atoms with van der Waals surface area (Å²) in [5, 5.41) is 12.1. The van der Waals surface area contributed by atoms with E-state index in [-0.39, 0.29) is 11.7 Å². The molecular weight excluding hydrogens is 264 g/mol. The fraction of sp³-hybridized carbons (Fsp3) is 0.588. The van der Waals surface area contributed by atoms with Gasteiger partial charge in [0.25, 0.3) is 0 Å². The van der Waals surface area contributed by atoms with Gasteiger partial charge in [-0.2, -0.15) is 0 Å². The molecule has 0 aromatic heterocycles. The van der Waals surface area contributed by atoms with Crippen molar-refractivity contribution < 1.29 is 9.90 Å². The number of carbonyl (C=O) groups excluding carboxylic acids is 1. The number of hydrogen-bond acceptors (Lipinski definition) is 3. The molecular formula is C17H28N2O2. The van der Waals surface area contributed by atoms with E-state index in [9.17, 15) is 9.90 Å². The minimum Gasteiger partial charge on any atom is -0.508 e. The van der Waals surface area contributed by atoms with Gasteiger partial charge in [-0.25, -0.2) is 0 Å². The van der Waals surface area contributed by atoms with Gasteiger partial charge in [0, 0.05) is 6.54 Å². The highest BCUT2D eigenvalue weighted by Crippen LogP contribution is 2.11. The first-order valence-corrected chi connectivity index (χ1v) is 7.94. The molecule has 21 heavy (non-hydrogen) atoms. The van der Waals surface area contributed by atoms with E-state index < -0.39 is 6.04 Å². The molecule has 0 bridgehead atoms. The van der Waals surface area contributed by atoms with Crippen LogP contribution in [0, 0.1) is 0 Å². The molecule has 0 aliphatic rings. The van der Waals surface area contributed by atoms with Crippen LogP contribution in [0.3, 0.4) is 0 Å². The molecule has 0 radical (unpaired) electrons. The molecule has 1 aromatic rings. The van der Waals surface area contributed by atoms with Gasteiger partial charge in [-0.1, -0.05) is 51.2 Å². The molecule has 1 rings (SSSR count). The lowest BCUT2D eigenvalue weighted by molar-refractivity contribution is -0.122. The lowest BCUT2D eigenvalue weighted by atomic mass is 10.1. The van der Waals surface area contributed by atoms with Gasteiger partial charge in [0.2, 0.25) is 5.91 Å². The van der Waals surface area contributed by atoms with Crippen molar-refractivity contribution in [2.24, 2.45) is 5.73 Å². The Kier molecular flexibility index (Phi) is 8.51. The van der Waals surface area contributed by atoms with Crippen molar-refractivity contribution in [2.45, 2.75) is 57.9 Å². The first kappa shape index (κ1) is 17.5. The molecule has 1 atom stereocenters. The number of aromatic hydroxyl groups is 1. The largest absolute Gasteiger partial charge is 0.508 e. The first-order valence-electron chi connectivity index (χ1n) is 7.94. The number of nitrogens with one attached hydrogen (secondary N) is 1. The van der Waals surface area contributed by atoms with E-state index in [2.05, 4.69) is 12.2 Å². The van der Waals surface area contributed by atoms with Crippen molar-refractivity contribution in [1.29, 1.82) is 0 Å². The van der Waals surface area contributed by atoms with Crippen LogP contribution in [0.1, 0.15) is 51.0 Å². The second-order valence-electron chi connectivity index (χ2n) is 5.54. The summed E-state index contributed by atoms with van der Waals surface area (Å²) >= 11 is 0. The topological polar surface area (TPSA) is 75.4 Å². The average molecular weight is 292 g/mol. The number of benzene rings is 1. The zero-order valence-electron chi connectivity index (χ0n) is 13.0. The lowest BCUT2D eigenvalue weighted by Gasteiger charge is -2.12. The molecule has 0 aliphatic carbocycles. The number of amides is 1. The minimum atomic E-state index is -0.533. The standard InChI is InChI=1S/C17H28N2O2/c1-2-3-4-5-6-7-12-19-17(21)16(18)13-14-8-10-15(20)11-9-14/h8-11,16,20H,2-7,12-13,18H2,1H3,(H,19,21)/t16-/m1/s1. The van der Waals surface area contributed by atoms with E-state index in [1.807, 2.05) is 0 Å². The van der Waals surface area contributed by atoms with Crippen molar-refractivity contribution in [1.82, 2.24) is 5.32 Å². The highest BCUT2D eigenvalue weighted by atomic mass is 16.3. The number of phenols is 1. The Balaban J connectivity index is 2.15. The Morgan fingerprint density at radius 3 is 2.43 bits per heavy atom. The third-order valence-corrected chi connectivity index (χ3v) is 3.56. The van der Waals surface area contributed by atoms with Crippen LogP contribution in [0.2, 0.25) is 0 Å². The molecule has 0 saturated heterocycles. The Morgan fingerprint density at radius 2 is 1.76 bits per heavy atom.